The number of fused-ring (bicyclic) bond motifs is 1. The predicted octanol–water partition coefficient (Wildman–Crippen LogP) is 1.32. The van der Waals surface area contributed by atoms with E-state index in [-0.39, 0.29) is 40.3 Å². The van der Waals surface area contributed by atoms with Crippen molar-refractivity contribution in [1.29, 1.82) is 5.26 Å². The number of nitrogens with zero attached hydrogens (tertiary/aromatic N) is 4. The zero-order chi connectivity index (χ0) is 23.4. The molecule has 0 bridgehead atoms. The number of nitrogen functional groups attached to an aromatic ring is 1. The lowest BCUT2D eigenvalue weighted by Gasteiger charge is -2.33. The number of halogens is 1. The third kappa shape index (κ3) is 3.32. The Labute approximate surface area is 185 Å². The number of aromatic nitrogens is 2. The van der Waals surface area contributed by atoms with E-state index in [0.717, 1.165) is 25.3 Å². The molecular weight excluding hydrogens is 415 g/mol. The molecule has 0 amide bonds. The van der Waals surface area contributed by atoms with Crippen LogP contribution in [0.1, 0.15) is 39.2 Å². The predicted molar refractivity (Wildman–Crippen MR) is 120 cm³/mol. The Morgan fingerprint density at radius 1 is 1.34 bits per heavy atom. The third-order valence-electron chi connectivity index (χ3n) is 6.79. The molecule has 2 fully saturated rings. The minimum Gasteiger partial charge on any atom is -0.492 e. The minimum atomic E-state index is -0.754. The first-order chi connectivity index (χ1) is 15.2. The topological polar surface area (TPSA) is 118 Å². The molecule has 2 heterocycles. The number of methoxy groups -OCH3 is 1. The highest BCUT2D eigenvalue weighted by molar-refractivity contribution is 5.91. The number of hydrogen-bond donors (Lipinski definition) is 2. The Morgan fingerprint density at radius 2 is 2.03 bits per heavy atom. The molecule has 1 aromatic carbocycles. The van der Waals surface area contributed by atoms with Crippen LogP contribution in [0.4, 0.5) is 10.1 Å². The van der Waals surface area contributed by atoms with Gasteiger partial charge < -0.3 is 20.8 Å². The molecule has 9 nitrogen and oxygen atoms in total. The normalized spacial score (nSPS) is 19.9. The van der Waals surface area contributed by atoms with Crippen LogP contribution >= 0.6 is 0 Å². The maximum Gasteiger partial charge on any atom is 0.350 e. The number of benzene rings is 1. The first-order valence-electron chi connectivity index (χ1n) is 10.8. The van der Waals surface area contributed by atoms with Crippen molar-refractivity contribution in [3.05, 3.63) is 32.7 Å². The lowest BCUT2D eigenvalue weighted by Crippen LogP contribution is -2.46. The summed E-state index contributed by atoms with van der Waals surface area (Å²) < 4.78 is 23.1. The van der Waals surface area contributed by atoms with Gasteiger partial charge in [0, 0.05) is 25.2 Å². The molecule has 4 rings (SSSR count). The van der Waals surface area contributed by atoms with E-state index >= 15 is 4.39 Å². The second-order valence-corrected chi connectivity index (χ2v) is 9.29. The van der Waals surface area contributed by atoms with E-state index < -0.39 is 22.5 Å². The summed E-state index contributed by atoms with van der Waals surface area (Å²) in [6.07, 6.45) is 2.32. The molecule has 1 aromatic heterocycles. The summed E-state index contributed by atoms with van der Waals surface area (Å²) in [4.78, 5) is 27.3. The van der Waals surface area contributed by atoms with Crippen molar-refractivity contribution in [2.45, 2.75) is 45.2 Å². The van der Waals surface area contributed by atoms with Gasteiger partial charge in [0.05, 0.1) is 24.0 Å². The number of rotatable bonds is 6. The first-order valence-corrected chi connectivity index (χ1v) is 10.8. The summed E-state index contributed by atoms with van der Waals surface area (Å²) in [6.45, 7) is 4.85. The molecule has 2 aliphatic rings. The van der Waals surface area contributed by atoms with Gasteiger partial charge in [0.1, 0.15) is 11.2 Å². The lowest BCUT2D eigenvalue weighted by molar-refractivity contribution is 0.253. The van der Waals surface area contributed by atoms with Crippen molar-refractivity contribution < 1.29 is 9.13 Å². The van der Waals surface area contributed by atoms with E-state index in [2.05, 4.69) is 11.4 Å². The number of nitrogens with two attached hydrogens (primary N) is 1. The summed E-state index contributed by atoms with van der Waals surface area (Å²) in [7, 11) is 3.24. The molecule has 2 unspecified atom stereocenters. The summed E-state index contributed by atoms with van der Waals surface area (Å²) in [6, 6.07) is 3.34. The van der Waals surface area contributed by atoms with E-state index in [1.807, 2.05) is 25.8 Å². The Bertz CT molecular complexity index is 1220. The molecule has 1 saturated carbocycles. The van der Waals surface area contributed by atoms with Gasteiger partial charge in [-0.05, 0) is 52.1 Å². The van der Waals surface area contributed by atoms with Crippen LogP contribution in [0.2, 0.25) is 0 Å². The van der Waals surface area contributed by atoms with Crippen molar-refractivity contribution in [1.82, 2.24) is 14.6 Å². The van der Waals surface area contributed by atoms with Crippen LogP contribution in [0, 0.1) is 28.5 Å². The van der Waals surface area contributed by atoms with E-state index in [4.69, 9.17) is 10.6 Å². The van der Waals surface area contributed by atoms with Gasteiger partial charge in [0.15, 0.2) is 11.6 Å². The van der Waals surface area contributed by atoms with Gasteiger partial charge in [-0.3, -0.25) is 9.36 Å². The van der Waals surface area contributed by atoms with Gasteiger partial charge >= 0.3 is 5.69 Å². The number of nitriles is 1. The smallest absolute Gasteiger partial charge is 0.350 e. The maximum atomic E-state index is 15.4. The van der Waals surface area contributed by atoms with Crippen LogP contribution in [0.3, 0.4) is 0 Å². The average Bonchev–Trinajstić information content (AvgIpc) is 3.49. The van der Waals surface area contributed by atoms with Crippen molar-refractivity contribution in [2.75, 3.05) is 38.0 Å². The Kier molecular flexibility index (Phi) is 5.41. The van der Waals surface area contributed by atoms with E-state index in [9.17, 15) is 14.9 Å². The number of anilines is 1. The quantitative estimate of drug-likeness (QED) is 0.645. The number of ether oxygens (including phenoxy) is 1. The Hall–Kier alpha value is -3.06. The second-order valence-electron chi connectivity index (χ2n) is 9.29. The van der Waals surface area contributed by atoms with Crippen molar-refractivity contribution >= 4 is 16.6 Å². The molecule has 3 N–H and O–H groups in total. The summed E-state index contributed by atoms with van der Waals surface area (Å²) in [5.41, 5.74) is -1.47. The highest BCUT2D eigenvalue weighted by atomic mass is 19.1. The molecule has 10 heteroatoms. The lowest BCUT2D eigenvalue weighted by atomic mass is 9.78. The summed E-state index contributed by atoms with van der Waals surface area (Å²) in [5.74, 6) is 5.38. The zero-order valence-corrected chi connectivity index (χ0v) is 18.8. The van der Waals surface area contributed by atoms with E-state index in [1.54, 1.807) is 0 Å². The van der Waals surface area contributed by atoms with Crippen LogP contribution in [0.25, 0.3) is 10.9 Å². The van der Waals surface area contributed by atoms with Crippen LogP contribution < -0.4 is 32.0 Å². The fourth-order valence-corrected chi connectivity index (χ4v) is 5.11. The molecule has 172 valence electrons. The van der Waals surface area contributed by atoms with Gasteiger partial charge in [-0.1, -0.05) is 0 Å². The highest BCUT2D eigenvalue weighted by Crippen LogP contribution is 2.44. The van der Waals surface area contributed by atoms with Crippen LogP contribution in [0.15, 0.2) is 15.7 Å². The molecule has 1 aliphatic heterocycles. The van der Waals surface area contributed by atoms with Crippen LogP contribution in [-0.2, 0) is 0 Å². The maximum absolute atomic E-state index is 15.4. The number of nitrogens with one attached hydrogen (secondary N) is 1. The molecule has 2 atom stereocenters. The van der Waals surface area contributed by atoms with Crippen LogP contribution in [0.5, 0.6) is 5.75 Å². The van der Waals surface area contributed by atoms with Crippen molar-refractivity contribution in [3.8, 4) is 11.8 Å². The van der Waals surface area contributed by atoms with E-state index in [0.29, 0.717) is 17.8 Å². The van der Waals surface area contributed by atoms with Crippen molar-refractivity contribution in [2.24, 2.45) is 11.3 Å². The molecule has 0 radical (unpaired) electrons. The van der Waals surface area contributed by atoms with E-state index in [1.165, 1.54) is 11.7 Å². The fraction of sp³-hybridized carbons (Fsp3) is 0.591. The van der Waals surface area contributed by atoms with Gasteiger partial charge in [-0.25, -0.2) is 9.18 Å². The Balaban J connectivity index is 1.86. The SMILES string of the molecule is CNC(C1CCN(c2c(F)cc3c(=O)n(N)c(=O)n(C4CC4)c3c2OC)C1)C(C)(C)C#N. The third-order valence-corrected chi connectivity index (χ3v) is 6.79. The molecule has 1 saturated heterocycles. The van der Waals surface area contributed by atoms with Gasteiger partial charge in [0.2, 0.25) is 0 Å². The Morgan fingerprint density at radius 3 is 2.59 bits per heavy atom. The average molecular weight is 445 g/mol. The number of hydrogen-bond acceptors (Lipinski definition) is 7. The van der Waals surface area contributed by atoms with Gasteiger partial charge in [0.25, 0.3) is 5.56 Å². The minimum absolute atomic E-state index is 0.0200. The zero-order valence-electron chi connectivity index (χ0n) is 18.8. The largest absolute Gasteiger partial charge is 0.492 e. The molecule has 1 aliphatic carbocycles. The fourth-order valence-electron chi connectivity index (χ4n) is 5.11. The summed E-state index contributed by atoms with van der Waals surface area (Å²) >= 11 is 0. The standard InChI is InChI=1S/C22H29FN6O3/c1-22(2,11-24)19(26-3)12-7-8-27(10-12)17-15(23)9-14-16(18(17)32-4)28(13-5-6-13)21(31)29(25)20(14)30/h9,12-13,19,26H,5-8,10,25H2,1-4H3. The van der Waals surface area contributed by atoms with Gasteiger partial charge in [-0.2, -0.15) is 9.94 Å². The molecule has 2 aromatic rings. The molecular formula is C22H29FN6O3. The molecule has 32 heavy (non-hydrogen) atoms. The van der Waals surface area contributed by atoms with Gasteiger partial charge in [-0.15, -0.1) is 0 Å². The molecule has 0 spiro atoms. The van der Waals surface area contributed by atoms with Crippen LogP contribution in [-0.4, -0.2) is 42.5 Å². The first kappa shape index (κ1) is 22.1. The monoisotopic (exact) mass is 444 g/mol. The second kappa shape index (κ2) is 7.81. The highest BCUT2D eigenvalue weighted by Gasteiger charge is 2.40. The summed E-state index contributed by atoms with van der Waals surface area (Å²) in [5, 5.41) is 12.9. The van der Waals surface area contributed by atoms with Crippen molar-refractivity contribution in [3.63, 3.8) is 0 Å².